The third-order valence-corrected chi connectivity index (χ3v) is 4.95. The second-order valence-electron chi connectivity index (χ2n) is 6.37. The van der Waals surface area contributed by atoms with Crippen molar-refractivity contribution in [2.24, 2.45) is 23.2 Å². The molecule has 90 valence electrons. The number of allylic oxidation sites excluding steroid dienone is 2. The highest BCUT2D eigenvalue weighted by molar-refractivity contribution is 5.92. The summed E-state index contributed by atoms with van der Waals surface area (Å²) >= 11 is 0. The van der Waals surface area contributed by atoms with Crippen LogP contribution in [-0.2, 0) is 4.79 Å². The Morgan fingerprint density at radius 3 is 2.56 bits per heavy atom. The molecule has 0 aliphatic heterocycles. The monoisotopic (exact) mass is 220 g/mol. The van der Waals surface area contributed by atoms with Gasteiger partial charge in [0.15, 0.2) is 5.78 Å². The molecule has 0 aromatic carbocycles. The summed E-state index contributed by atoms with van der Waals surface area (Å²) in [7, 11) is 0. The van der Waals surface area contributed by atoms with Crippen LogP contribution >= 0.6 is 0 Å². The highest BCUT2D eigenvalue weighted by Gasteiger charge is 2.50. The lowest BCUT2D eigenvalue weighted by atomic mass is 9.61. The molecule has 1 saturated carbocycles. The average molecular weight is 220 g/mol. The Morgan fingerprint density at radius 2 is 2.00 bits per heavy atom. The maximum Gasteiger partial charge on any atom is 0.156 e. The van der Waals surface area contributed by atoms with Crippen LogP contribution in [0.4, 0.5) is 0 Å². The van der Waals surface area contributed by atoms with Gasteiger partial charge in [-0.25, -0.2) is 0 Å². The molecule has 3 atom stereocenters. The number of hydrogen-bond acceptors (Lipinski definition) is 1. The molecule has 0 aromatic heterocycles. The van der Waals surface area contributed by atoms with E-state index in [0.717, 1.165) is 18.8 Å². The molecule has 0 saturated heterocycles. The third kappa shape index (κ3) is 1.74. The molecular weight excluding hydrogens is 196 g/mol. The van der Waals surface area contributed by atoms with Crippen molar-refractivity contribution in [3.8, 4) is 0 Å². The highest BCUT2D eigenvalue weighted by atomic mass is 16.1. The summed E-state index contributed by atoms with van der Waals surface area (Å²) in [5.41, 5.74) is 1.60. The van der Waals surface area contributed by atoms with E-state index in [-0.39, 0.29) is 0 Å². The lowest BCUT2D eigenvalue weighted by Crippen LogP contribution is -2.38. The van der Waals surface area contributed by atoms with Crippen LogP contribution in [0, 0.1) is 23.2 Å². The van der Waals surface area contributed by atoms with Crippen LogP contribution in [0.15, 0.2) is 11.6 Å². The predicted molar refractivity (Wildman–Crippen MR) is 67.2 cm³/mol. The van der Waals surface area contributed by atoms with Gasteiger partial charge in [0.2, 0.25) is 0 Å². The molecule has 1 spiro atoms. The minimum Gasteiger partial charge on any atom is -0.295 e. The molecule has 0 amide bonds. The van der Waals surface area contributed by atoms with Crippen molar-refractivity contribution >= 4 is 5.78 Å². The van der Waals surface area contributed by atoms with E-state index in [0.29, 0.717) is 23.0 Å². The van der Waals surface area contributed by atoms with Gasteiger partial charge in [-0.15, -0.1) is 0 Å². The second-order valence-corrected chi connectivity index (χ2v) is 6.37. The fourth-order valence-electron chi connectivity index (χ4n) is 4.26. The SMILES string of the molecule is CC1=CC(=O)C[C@]2(C1)[C@H](C)CC[C@@H]2C(C)C. The van der Waals surface area contributed by atoms with Gasteiger partial charge < -0.3 is 0 Å². The van der Waals surface area contributed by atoms with Crippen molar-refractivity contribution in [1.82, 2.24) is 0 Å². The zero-order valence-corrected chi connectivity index (χ0v) is 11.0. The normalized spacial score (nSPS) is 39.6. The van der Waals surface area contributed by atoms with E-state index in [2.05, 4.69) is 27.7 Å². The van der Waals surface area contributed by atoms with Crippen LogP contribution in [0.25, 0.3) is 0 Å². The predicted octanol–water partition coefficient (Wildman–Crippen LogP) is 3.98. The smallest absolute Gasteiger partial charge is 0.156 e. The molecule has 0 aromatic rings. The number of carbonyl (C=O) groups excluding carboxylic acids is 1. The van der Waals surface area contributed by atoms with E-state index in [1.54, 1.807) is 0 Å². The van der Waals surface area contributed by atoms with Crippen LogP contribution in [0.1, 0.15) is 53.4 Å². The lowest BCUT2D eigenvalue weighted by molar-refractivity contribution is -0.119. The molecule has 0 N–H and O–H groups in total. The van der Waals surface area contributed by atoms with Gasteiger partial charge in [0.1, 0.15) is 0 Å². The van der Waals surface area contributed by atoms with Gasteiger partial charge >= 0.3 is 0 Å². The molecule has 0 bridgehead atoms. The Labute approximate surface area is 99.3 Å². The van der Waals surface area contributed by atoms with Gasteiger partial charge in [-0.2, -0.15) is 0 Å². The van der Waals surface area contributed by atoms with Gasteiger partial charge in [-0.1, -0.05) is 26.3 Å². The van der Waals surface area contributed by atoms with Crippen LogP contribution in [0.2, 0.25) is 0 Å². The van der Waals surface area contributed by atoms with Crippen molar-refractivity contribution in [3.63, 3.8) is 0 Å². The largest absolute Gasteiger partial charge is 0.295 e. The fraction of sp³-hybridized carbons (Fsp3) is 0.800. The summed E-state index contributed by atoms with van der Waals surface area (Å²) in [6.45, 7) is 9.13. The van der Waals surface area contributed by atoms with Gasteiger partial charge in [-0.05, 0) is 55.4 Å². The first-order valence-corrected chi connectivity index (χ1v) is 6.65. The summed E-state index contributed by atoms with van der Waals surface area (Å²) in [5, 5.41) is 0. The van der Waals surface area contributed by atoms with E-state index in [1.807, 2.05) is 6.08 Å². The maximum atomic E-state index is 11.9. The lowest BCUT2D eigenvalue weighted by Gasteiger charge is -2.43. The Morgan fingerprint density at radius 1 is 1.31 bits per heavy atom. The zero-order valence-electron chi connectivity index (χ0n) is 11.0. The molecule has 0 unspecified atom stereocenters. The average Bonchev–Trinajstić information content (AvgIpc) is 2.42. The van der Waals surface area contributed by atoms with Crippen LogP contribution in [0.3, 0.4) is 0 Å². The van der Waals surface area contributed by atoms with Crippen molar-refractivity contribution in [1.29, 1.82) is 0 Å². The van der Waals surface area contributed by atoms with E-state index < -0.39 is 0 Å². The molecule has 1 heteroatoms. The van der Waals surface area contributed by atoms with Crippen LogP contribution in [0.5, 0.6) is 0 Å². The van der Waals surface area contributed by atoms with Gasteiger partial charge in [0.05, 0.1) is 0 Å². The molecule has 16 heavy (non-hydrogen) atoms. The first-order valence-electron chi connectivity index (χ1n) is 6.65. The van der Waals surface area contributed by atoms with E-state index >= 15 is 0 Å². The molecule has 0 heterocycles. The molecule has 0 radical (unpaired) electrons. The molecule has 1 fully saturated rings. The minimum atomic E-state index is 0.296. The third-order valence-electron chi connectivity index (χ3n) is 4.95. The van der Waals surface area contributed by atoms with Crippen molar-refractivity contribution < 1.29 is 4.79 Å². The maximum absolute atomic E-state index is 11.9. The Balaban J connectivity index is 2.34. The van der Waals surface area contributed by atoms with Crippen LogP contribution in [-0.4, -0.2) is 5.78 Å². The molecule has 2 aliphatic carbocycles. The standard InChI is InChI=1S/C15H24O/c1-10(2)14-6-5-12(4)15(14)8-11(3)7-13(16)9-15/h7,10,12,14H,5-6,8-9H2,1-4H3/t12-,14-,15-/m1/s1. The number of carbonyl (C=O) groups is 1. The molecule has 1 nitrogen and oxygen atoms in total. The summed E-state index contributed by atoms with van der Waals surface area (Å²) in [4.78, 5) is 11.9. The van der Waals surface area contributed by atoms with Crippen molar-refractivity contribution in [3.05, 3.63) is 11.6 Å². The first-order chi connectivity index (χ1) is 7.45. The van der Waals surface area contributed by atoms with E-state index in [4.69, 9.17) is 0 Å². The topological polar surface area (TPSA) is 17.1 Å². The van der Waals surface area contributed by atoms with Crippen molar-refractivity contribution in [2.45, 2.75) is 53.4 Å². The summed E-state index contributed by atoms with van der Waals surface area (Å²) in [6.07, 6.45) is 6.45. The number of rotatable bonds is 1. The fourth-order valence-corrected chi connectivity index (χ4v) is 4.26. The van der Waals surface area contributed by atoms with E-state index in [1.165, 1.54) is 18.4 Å². The quantitative estimate of drug-likeness (QED) is 0.653. The Kier molecular flexibility index (Phi) is 2.98. The van der Waals surface area contributed by atoms with Crippen LogP contribution < -0.4 is 0 Å². The molecule has 2 rings (SSSR count). The minimum absolute atomic E-state index is 0.296. The van der Waals surface area contributed by atoms with Gasteiger partial charge in [0.25, 0.3) is 0 Å². The highest BCUT2D eigenvalue weighted by Crippen LogP contribution is 2.57. The van der Waals surface area contributed by atoms with Gasteiger partial charge in [0, 0.05) is 6.42 Å². The summed E-state index contributed by atoms with van der Waals surface area (Å²) < 4.78 is 0. The molecule has 2 aliphatic rings. The Hall–Kier alpha value is -0.590. The second kappa shape index (κ2) is 4.01. The first kappa shape index (κ1) is 11.9. The van der Waals surface area contributed by atoms with E-state index in [9.17, 15) is 4.79 Å². The summed E-state index contributed by atoms with van der Waals surface area (Å²) in [6, 6.07) is 0. The number of ketones is 1. The van der Waals surface area contributed by atoms with Crippen molar-refractivity contribution in [2.75, 3.05) is 0 Å². The summed E-state index contributed by atoms with van der Waals surface area (Å²) in [5.74, 6) is 2.54. The Bertz CT molecular complexity index is 326. The molecular formula is C15H24O. The van der Waals surface area contributed by atoms with Gasteiger partial charge in [-0.3, -0.25) is 4.79 Å². The number of hydrogen-bond donors (Lipinski definition) is 0. The zero-order chi connectivity index (χ0) is 11.9.